The van der Waals surface area contributed by atoms with Crippen molar-refractivity contribution in [3.63, 3.8) is 0 Å². The molecule has 1 aromatic heterocycles. The first-order valence-corrected chi connectivity index (χ1v) is 11.9. The maximum absolute atomic E-state index is 13.5. The number of piperidine rings is 1. The van der Waals surface area contributed by atoms with Gasteiger partial charge in [0.05, 0.1) is 11.7 Å². The standard InChI is InChI=1S/C27H31N5O/c1-30-16-17-32(25(19-30)22-8-4-2-5-9-22)27(33)23-12-10-21(11-13-23)24-18-26(29-20-28-24)31-14-6-3-7-15-31/h2,4-5,8-13,18,20,25H,3,6-7,14-17,19H2,1H3. The Bertz CT molecular complexity index is 1080. The van der Waals surface area contributed by atoms with Gasteiger partial charge in [0.1, 0.15) is 12.1 Å². The van der Waals surface area contributed by atoms with Gasteiger partial charge in [-0.05, 0) is 44.0 Å². The minimum Gasteiger partial charge on any atom is -0.357 e. The summed E-state index contributed by atoms with van der Waals surface area (Å²) in [7, 11) is 2.12. The molecule has 5 rings (SSSR count). The van der Waals surface area contributed by atoms with E-state index in [1.54, 1.807) is 6.33 Å². The van der Waals surface area contributed by atoms with Gasteiger partial charge in [-0.2, -0.15) is 0 Å². The van der Waals surface area contributed by atoms with E-state index >= 15 is 0 Å². The SMILES string of the molecule is CN1CCN(C(=O)c2ccc(-c3cc(N4CCCCC4)ncn3)cc2)C(c2ccccc2)C1. The molecule has 2 aliphatic rings. The Labute approximate surface area is 195 Å². The van der Waals surface area contributed by atoms with Crippen LogP contribution in [0.3, 0.4) is 0 Å². The average molecular weight is 442 g/mol. The zero-order chi connectivity index (χ0) is 22.6. The maximum Gasteiger partial charge on any atom is 0.254 e. The van der Waals surface area contributed by atoms with E-state index in [-0.39, 0.29) is 11.9 Å². The molecule has 1 amide bonds. The molecule has 3 aromatic rings. The first kappa shape index (κ1) is 21.6. The second-order valence-corrected chi connectivity index (χ2v) is 9.07. The number of carbonyl (C=O) groups is 1. The van der Waals surface area contributed by atoms with Crippen LogP contribution >= 0.6 is 0 Å². The van der Waals surface area contributed by atoms with Crippen molar-refractivity contribution in [2.24, 2.45) is 0 Å². The Balaban J connectivity index is 1.35. The average Bonchev–Trinajstić information content (AvgIpc) is 2.89. The monoisotopic (exact) mass is 441 g/mol. The van der Waals surface area contributed by atoms with Crippen molar-refractivity contribution in [1.82, 2.24) is 19.8 Å². The lowest BCUT2D eigenvalue weighted by Crippen LogP contribution is -2.49. The lowest BCUT2D eigenvalue weighted by Gasteiger charge is -2.40. The number of nitrogens with zero attached hydrogens (tertiary/aromatic N) is 5. The number of aromatic nitrogens is 2. The van der Waals surface area contributed by atoms with Crippen molar-refractivity contribution in [2.75, 3.05) is 44.7 Å². The predicted octanol–water partition coefficient (Wildman–Crippen LogP) is 4.26. The molecule has 33 heavy (non-hydrogen) atoms. The van der Waals surface area contributed by atoms with E-state index in [2.05, 4.69) is 45.0 Å². The van der Waals surface area contributed by atoms with Crippen molar-refractivity contribution in [1.29, 1.82) is 0 Å². The van der Waals surface area contributed by atoms with Gasteiger partial charge in [0.15, 0.2) is 0 Å². The van der Waals surface area contributed by atoms with Crippen LogP contribution in [-0.4, -0.2) is 65.4 Å². The molecule has 2 fully saturated rings. The molecule has 2 aromatic carbocycles. The van der Waals surface area contributed by atoms with Crippen LogP contribution in [0.1, 0.15) is 41.2 Å². The Morgan fingerprint density at radius 1 is 0.879 bits per heavy atom. The van der Waals surface area contributed by atoms with Crippen LogP contribution < -0.4 is 4.90 Å². The summed E-state index contributed by atoms with van der Waals surface area (Å²) >= 11 is 0. The molecule has 3 heterocycles. The molecule has 2 aliphatic heterocycles. The molecule has 1 atom stereocenters. The lowest BCUT2D eigenvalue weighted by atomic mass is 10.0. The number of amides is 1. The highest BCUT2D eigenvalue weighted by atomic mass is 16.2. The highest BCUT2D eigenvalue weighted by Crippen LogP contribution is 2.28. The van der Waals surface area contributed by atoms with E-state index < -0.39 is 0 Å². The van der Waals surface area contributed by atoms with Crippen molar-refractivity contribution in [3.8, 4) is 11.3 Å². The number of piperazine rings is 1. The van der Waals surface area contributed by atoms with Gasteiger partial charge >= 0.3 is 0 Å². The third-order valence-corrected chi connectivity index (χ3v) is 6.79. The summed E-state index contributed by atoms with van der Waals surface area (Å²) in [5, 5.41) is 0. The number of likely N-dealkylation sites (N-methyl/N-ethyl adjacent to an activating group) is 1. The summed E-state index contributed by atoms with van der Waals surface area (Å²) < 4.78 is 0. The molecule has 0 spiro atoms. The zero-order valence-electron chi connectivity index (χ0n) is 19.2. The van der Waals surface area contributed by atoms with Gasteiger partial charge in [0.2, 0.25) is 0 Å². The van der Waals surface area contributed by atoms with Crippen molar-refractivity contribution in [3.05, 3.63) is 78.1 Å². The highest BCUT2D eigenvalue weighted by Gasteiger charge is 2.30. The van der Waals surface area contributed by atoms with E-state index in [0.717, 1.165) is 55.4 Å². The van der Waals surface area contributed by atoms with E-state index in [1.807, 2.05) is 47.4 Å². The number of benzene rings is 2. The second-order valence-electron chi connectivity index (χ2n) is 9.07. The summed E-state index contributed by atoms with van der Waals surface area (Å²) in [6, 6.07) is 20.3. The van der Waals surface area contributed by atoms with Crippen LogP contribution in [0.4, 0.5) is 5.82 Å². The van der Waals surface area contributed by atoms with Crippen LogP contribution in [0.25, 0.3) is 11.3 Å². The molecular formula is C27H31N5O. The van der Waals surface area contributed by atoms with Gasteiger partial charge in [-0.15, -0.1) is 0 Å². The number of anilines is 1. The van der Waals surface area contributed by atoms with Crippen LogP contribution in [0.2, 0.25) is 0 Å². The largest absolute Gasteiger partial charge is 0.357 e. The quantitative estimate of drug-likeness (QED) is 0.605. The molecule has 0 saturated carbocycles. The van der Waals surface area contributed by atoms with E-state index in [4.69, 9.17) is 0 Å². The molecular weight excluding hydrogens is 410 g/mol. The summed E-state index contributed by atoms with van der Waals surface area (Å²) in [5.41, 5.74) is 3.80. The van der Waals surface area contributed by atoms with Gasteiger partial charge in [-0.3, -0.25) is 4.79 Å². The predicted molar refractivity (Wildman–Crippen MR) is 131 cm³/mol. The van der Waals surface area contributed by atoms with Crippen molar-refractivity contribution >= 4 is 11.7 Å². The van der Waals surface area contributed by atoms with Crippen LogP contribution in [0.15, 0.2) is 67.0 Å². The van der Waals surface area contributed by atoms with Crippen molar-refractivity contribution in [2.45, 2.75) is 25.3 Å². The fraction of sp³-hybridized carbons (Fsp3) is 0.370. The Morgan fingerprint density at radius 3 is 2.39 bits per heavy atom. The van der Waals surface area contributed by atoms with Gasteiger partial charge in [-0.25, -0.2) is 9.97 Å². The molecule has 0 N–H and O–H groups in total. The molecule has 0 aliphatic carbocycles. The third kappa shape index (κ3) is 4.76. The highest BCUT2D eigenvalue weighted by molar-refractivity contribution is 5.95. The fourth-order valence-electron chi connectivity index (χ4n) is 4.87. The molecule has 170 valence electrons. The van der Waals surface area contributed by atoms with Crippen LogP contribution in [-0.2, 0) is 0 Å². The molecule has 1 unspecified atom stereocenters. The molecule has 0 radical (unpaired) electrons. The van der Waals surface area contributed by atoms with E-state index in [0.29, 0.717) is 0 Å². The number of hydrogen-bond acceptors (Lipinski definition) is 5. The zero-order valence-corrected chi connectivity index (χ0v) is 19.2. The summed E-state index contributed by atoms with van der Waals surface area (Å²) in [4.78, 5) is 29.1. The van der Waals surface area contributed by atoms with Gasteiger partial charge in [-0.1, -0.05) is 42.5 Å². The first-order valence-electron chi connectivity index (χ1n) is 11.9. The van der Waals surface area contributed by atoms with Crippen LogP contribution in [0.5, 0.6) is 0 Å². The Morgan fingerprint density at radius 2 is 1.64 bits per heavy atom. The number of rotatable bonds is 4. The maximum atomic E-state index is 13.5. The lowest BCUT2D eigenvalue weighted by molar-refractivity contribution is 0.0498. The van der Waals surface area contributed by atoms with E-state index in [9.17, 15) is 4.79 Å². The van der Waals surface area contributed by atoms with Crippen LogP contribution in [0, 0.1) is 0 Å². The van der Waals surface area contributed by atoms with Gasteiger partial charge < -0.3 is 14.7 Å². The van der Waals surface area contributed by atoms with Gasteiger partial charge in [0.25, 0.3) is 5.91 Å². The number of carbonyl (C=O) groups excluding carboxylic acids is 1. The first-order chi connectivity index (χ1) is 16.2. The summed E-state index contributed by atoms with van der Waals surface area (Å²) in [5.74, 6) is 1.07. The topological polar surface area (TPSA) is 52.6 Å². The number of hydrogen-bond donors (Lipinski definition) is 0. The Hall–Kier alpha value is -3.25. The Kier molecular flexibility index (Phi) is 6.35. The van der Waals surface area contributed by atoms with Gasteiger partial charge in [0, 0.05) is 49.9 Å². The second kappa shape index (κ2) is 9.71. The third-order valence-electron chi connectivity index (χ3n) is 6.79. The molecule has 0 bridgehead atoms. The normalized spacial score (nSPS) is 19.5. The van der Waals surface area contributed by atoms with E-state index in [1.165, 1.54) is 24.8 Å². The van der Waals surface area contributed by atoms with Crippen molar-refractivity contribution < 1.29 is 4.79 Å². The smallest absolute Gasteiger partial charge is 0.254 e. The summed E-state index contributed by atoms with van der Waals surface area (Å²) in [6.45, 7) is 4.55. The minimum absolute atomic E-state index is 0.0612. The minimum atomic E-state index is 0.0612. The molecule has 6 nitrogen and oxygen atoms in total. The fourth-order valence-corrected chi connectivity index (χ4v) is 4.87. The molecule has 6 heteroatoms. The molecule has 2 saturated heterocycles. The summed E-state index contributed by atoms with van der Waals surface area (Å²) in [6.07, 6.45) is 5.37.